The first-order valence-electron chi connectivity index (χ1n) is 5.88. The van der Waals surface area contributed by atoms with Gasteiger partial charge in [0.15, 0.2) is 0 Å². The zero-order valence-corrected chi connectivity index (χ0v) is 10.7. The fourth-order valence-electron chi connectivity index (χ4n) is 1.58. The number of benzene rings is 1. The van der Waals surface area contributed by atoms with Gasteiger partial charge in [-0.25, -0.2) is 8.78 Å². The number of methoxy groups -OCH3 is 1. The third-order valence-electron chi connectivity index (χ3n) is 2.46. The summed E-state index contributed by atoms with van der Waals surface area (Å²) >= 11 is 0. The van der Waals surface area contributed by atoms with Crippen LogP contribution in [0.3, 0.4) is 0 Å². The van der Waals surface area contributed by atoms with Gasteiger partial charge in [-0.3, -0.25) is 0 Å². The Labute approximate surface area is 107 Å². The van der Waals surface area contributed by atoms with Crippen LogP contribution < -0.4 is 5.32 Å². The highest BCUT2D eigenvalue weighted by molar-refractivity contribution is 5.53. The largest absolute Gasteiger partial charge is 0.383 e. The molecule has 100 valence electrons. The molecule has 1 aromatic rings. The molecule has 0 fully saturated rings. The van der Waals surface area contributed by atoms with E-state index in [1.807, 2.05) is 19.1 Å². The third-order valence-corrected chi connectivity index (χ3v) is 2.46. The van der Waals surface area contributed by atoms with E-state index in [1.165, 1.54) is 12.1 Å². The van der Waals surface area contributed by atoms with Crippen molar-refractivity contribution in [1.82, 2.24) is 5.32 Å². The van der Waals surface area contributed by atoms with Gasteiger partial charge in [-0.05, 0) is 18.6 Å². The average Bonchev–Trinajstić information content (AvgIpc) is 2.35. The Hall–Kier alpha value is -1.26. The van der Waals surface area contributed by atoms with Gasteiger partial charge in [0, 0.05) is 25.8 Å². The standard InChI is InChI=1S/C14H19F2NO/c1-11(10-17-6-7-18-2)8-12-4-3-5-13(9-12)14(15)16/h3-5,8-9,14,17H,6-7,10H2,1-2H3/b11-8+. The molecule has 0 aliphatic rings. The van der Waals surface area contributed by atoms with E-state index in [4.69, 9.17) is 4.74 Å². The summed E-state index contributed by atoms with van der Waals surface area (Å²) in [6, 6.07) is 6.43. The molecule has 0 aliphatic carbocycles. The molecule has 0 aliphatic heterocycles. The summed E-state index contributed by atoms with van der Waals surface area (Å²) < 4.78 is 30.0. The topological polar surface area (TPSA) is 21.3 Å². The lowest BCUT2D eigenvalue weighted by atomic mass is 10.1. The maximum atomic E-state index is 12.5. The molecule has 1 N–H and O–H groups in total. The van der Waals surface area contributed by atoms with Crippen molar-refractivity contribution in [3.05, 3.63) is 41.0 Å². The highest BCUT2D eigenvalue weighted by atomic mass is 19.3. The molecule has 0 spiro atoms. The molecule has 1 aromatic carbocycles. The van der Waals surface area contributed by atoms with E-state index in [1.54, 1.807) is 13.2 Å². The van der Waals surface area contributed by atoms with E-state index >= 15 is 0 Å². The monoisotopic (exact) mass is 255 g/mol. The van der Waals surface area contributed by atoms with Gasteiger partial charge in [0.05, 0.1) is 6.61 Å². The van der Waals surface area contributed by atoms with Crippen LogP contribution in [0.1, 0.15) is 24.5 Å². The maximum absolute atomic E-state index is 12.5. The van der Waals surface area contributed by atoms with Crippen molar-refractivity contribution in [3.8, 4) is 0 Å². The predicted octanol–water partition coefficient (Wildman–Crippen LogP) is 3.26. The number of hydrogen-bond acceptors (Lipinski definition) is 2. The minimum atomic E-state index is -2.42. The number of rotatable bonds is 7. The summed E-state index contributed by atoms with van der Waals surface area (Å²) in [5, 5.41) is 3.20. The van der Waals surface area contributed by atoms with Gasteiger partial charge in [-0.2, -0.15) is 0 Å². The molecule has 0 heterocycles. The lowest BCUT2D eigenvalue weighted by Gasteiger charge is -2.05. The highest BCUT2D eigenvalue weighted by Gasteiger charge is 2.05. The van der Waals surface area contributed by atoms with Crippen molar-refractivity contribution >= 4 is 6.08 Å². The van der Waals surface area contributed by atoms with Gasteiger partial charge < -0.3 is 10.1 Å². The molecule has 1 rings (SSSR count). The van der Waals surface area contributed by atoms with E-state index in [0.29, 0.717) is 6.61 Å². The van der Waals surface area contributed by atoms with Gasteiger partial charge in [0.25, 0.3) is 6.43 Å². The SMILES string of the molecule is COCCNC/C(C)=C/c1cccc(C(F)F)c1. The normalized spacial score (nSPS) is 12.2. The van der Waals surface area contributed by atoms with E-state index < -0.39 is 6.43 Å². The lowest BCUT2D eigenvalue weighted by Crippen LogP contribution is -2.20. The Morgan fingerprint density at radius 2 is 2.22 bits per heavy atom. The minimum Gasteiger partial charge on any atom is -0.383 e. The van der Waals surface area contributed by atoms with E-state index in [-0.39, 0.29) is 5.56 Å². The first-order chi connectivity index (χ1) is 8.63. The van der Waals surface area contributed by atoms with Crippen molar-refractivity contribution in [2.24, 2.45) is 0 Å². The molecule has 0 saturated carbocycles. The molecule has 2 nitrogen and oxygen atoms in total. The first kappa shape index (κ1) is 14.8. The Morgan fingerprint density at radius 1 is 1.44 bits per heavy atom. The fourth-order valence-corrected chi connectivity index (χ4v) is 1.58. The van der Waals surface area contributed by atoms with Gasteiger partial charge in [0.2, 0.25) is 0 Å². The number of ether oxygens (including phenoxy) is 1. The second-order valence-electron chi connectivity index (χ2n) is 4.13. The quantitative estimate of drug-likeness (QED) is 0.755. The molecule has 0 bridgehead atoms. The van der Waals surface area contributed by atoms with Crippen molar-refractivity contribution in [2.45, 2.75) is 13.3 Å². The maximum Gasteiger partial charge on any atom is 0.263 e. The Kier molecular flexibility index (Phi) is 6.54. The summed E-state index contributed by atoms with van der Waals surface area (Å²) in [4.78, 5) is 0. The Balaban J connectivity index is 2.56. The third kappa shape index (κ3) is 5.38. The summed E-state index contributed by atoms with van der Waals surface area (Å²) in [6.45, 7) is 4.13. The Bertz CT molecular complexity index is 391. The average molecular weight is 255 g/mol. The second-order valence-corrected chi connectivity index (χ2v) is 4.13. The van der Waals surface area contributed by atoms with Crippen LogP contribution in [0.4, 0.5) is 8.78 Å². The van der Waals surface area contributed by atoms with Gasteiger partial charge in [-0.15, -0.1) is 0 Å². The summed E-state index contributed by atoms with van der Waals surface area (Å²) in [6.07, 6.45) is -0.510. The molecule has 4 heteroatoms. The fraction of sp³-hybridized carbons (Fsp3) is 0.429. The van der Waals surface area contributed by atoms with Crippen LogP contribution in [0, 0.1) is 0 Å². The molecule has 18 heavy (non-hydrogen) atoms. The van der Waals surface area contributed by atoms with Crippen LogP contribution in [-0.2, 0) is 4.74 Å². The number of hydrogen-bond donors (Lipinski definition) is 1. The molecule has 0 unspecified atom stereocenters. The molecule has 0 aromatic heterocycles. The van der Waals surface area contributed by atoms with Crippen molar-refractivity contribution < 1.29 is 13.5 Å². The summed E-state index contributed by atoms with van der Waals surface area (Å²) in [5.74, 6) is 0. The zero-order chi connectivity index (χ0) is 13.4. The first-order valence-corrected chi connectivity index (χ1v) is 5.88. The van der Waals surface area contributed by atoms with Crippen LogP contribution in [0.5, 0.6) is 0 Å². The molecular formula is C14H19F2NO. The second kappa shape index (κ2) is 7.95. The molecule has 0 saturated heterocycles. The number of nitrogens with one attached hydrogen (secondary N) is 1. The molecule has 0 atom stereocenters. The van der Waals surface area contributed by atoms with E-state index in [0.717, 1.165) is 24.2 Å². The van der Waals surface area contributed by atoms with Gasteiger partial charge >= 0.3 is 0 Å². The van der Waals surface area contributed by atoms with Gasteiger partial charge in [-0.1, -0.05) is 29.8 Å². The van der Waals surface area contributed by atoms with Crippen LogP contribution >= 0.6 is 0 Å². The molecule has 0 radical (unpaired) electrons. The van der Waals surface area contributed by atoms with Crippen LogP contribution in [0.15, 0.2) is 29.8 Å². The van der Waals surface area contributed by atoms with Crippen LogP contribution in [-0.4, -0.2) is 26.8 Å². The van der Waals surface area contributed by atoms with Crippen LogP contribution in [0.25, 0.3) is 6.08 Å². The highest BCUT2D eigenvalue weighted by Crippen LogP contribution is 2.20. The zero-order valence-electron chi connectivity index (χ0n) is 10.7. The smallest absolute Gasteiger partial charge is 0.263 e. The minimum absolute atomic E-state index is 0.0592. The summed E-state index contributed by atoms with van der Waals surface area (Å²) in [7, 11) is 1.65. The Morgan fingerprint density at radius 3 is 2.89 bits per heavy atom. The lowest BCUT2D eigenvalue weighted by molar-refractivity contribution is 0.151. The molecular weight excluding hydrogens is 236 g/mol. The predicted molar refractivity (Wildman–Crippen MR) is 69.8 cm³/mol. The summed E-state index contributed by atoms with van der Waals surface area (Å²) in [5.41, 5.74) is 1.96. The van der Waals surface area contributed by atoms with E-state index in [9.17, 15) is 8.78 Å². The number of halogens is 2. The van der Waals surface area contributed by atoms with Crippen LogP contribution in [0.2, 0.25) is 0 Å². The van der Waals surface area contributed by atoms with Crippen molar-refractivity contribution in [1.29, 1.82) is 0 Å². The van der Waals surface area contributed by atoms with Crippen molar-refractivity contribution in [3.63, 3.8) is 0 Å². The van der Waals surface area contributed by atoms with E-state index in [2.05, 4.69) is 5.32 Å². The molecule has 0 amide bonds. The van der Waals surface area contributed by atoms with Gasteiger partial charge in [0.1, 0.15) is 0 Å². The van der Waals surface area contributed by atoms with Crippen molar-refractivity contribution in [2.75, 3.05) is 26.8 Å². The number of alkyl halides is 2.